The van der Waals surface area contributed by atoms with Gasteiger partial charge < -0.3 is 9.80 Å². The Bertz CT molecular complexity index is 2570. The fourth-order valence-corrected chi connectivity index (χ4v) is 7.18. The summed E-state index contributed by atoms with van der Waals surface area (Å²) in [6, 6.07) is 70.0. The fourth-order valence-electron chi connectivity index (χ4n) is 7.18. The van der Waals surface area contributed by atoms with Crippen LogP contribution in [0.4, 0.5) is 34.1 Å². The van der Waals surface area contributed by atoms with Crippen LogP contribution in [0.2, 0.25) is 0 Å². The predicted octanol–water partition coefficient (Wildman–Crippen LogP) is 13.2. The highest BCUT2D eigenvalue weighted by atomic mass is 15.2. The summed E-state index contributed by atoms with van der Waals surface area (Å²) in [5.74, 6) is 0. The second kappa shape index (κ2) is 11.8. The van der Waals surface area contributed by atoms with E-state index >= 15 is 0 Å². The van der Waals surface area contributed by atoms with Crippen LogP contribution in [0.3, 0.4) is 0 Å². The van der Waals surface area contributed by atoms with Crippen LogP contribution < -0.4 is 9.80 Å². The summed E-state index contributed by atoms with van der Waals surface area (Å²) in [7, 11) is 0. The third-order valence-electron chi connectivity index (χ3n) is 9.36. The van der Waals surface area contributed by atoms with Crippen LogP contribution in [0.1, 0.15) is 0 Å². The number of anilines is 6. The molecule has 0 saturated carbocycles. The molecule has 2 heteroatoms. The van der Waals surface area contributed by atoms with Gasteiger partial charge in [0.15, 0.2) is 0 Å². The van der Waals surface area contributed by atoms with E-state index in [1.165, 1.54) is 43.1 Å². The average molecular weight is 613 g/mol. The van der Waals surface area contributed by atoms with Crippen LogP contribution in [0.25, 0.3) is 43.1 Å². The van der Waals surface area contributed by atoms with Gasteiger partial charge in [0.25, 0.3) is 0 Å². The molecule has 0 amide bonds. The predicted molar refractivity (Wildman–Crippen MR) is 206 cm³/mol. The minimum absolute atomic E-state index is 1.12. The summed E-state index contributed by atoms with van der Waals surface area (Å²) in [5, 5.41) is 9.71. The molecular weight excluding hydrogens is 581 g/mol. The fraction of sp³-hybridized carbons (Fsp3) is 0. The molecule has 0 atom stereocenters. The van der Waals surface area contributed by atoms with Crippen molar-refractivity contribution in [2.24, 2.45) is 0 Å². The molecule has 0 aliphatic rings. The minimum Gasteiger partial charge on any atom is -0.309 e. The molecule has 48 heavy (non-hydrogen) atoms. The topological polar surface area (TPSA) is 6.48 Å². The average Bonchev–Trinajstić information content (AvgIpc) is 3.16. The van der Waals surface area contributed by atoms with Crippen molar-refractivity contribution in [3.05, 3.63) is 194 Å². The Kier molecular flexibility index (Phi) is 6.84. The van der Waals surface area contributed by atoms with E-state index in [4.69, 9.17) is 0 Å². The van der Waals surface area contributed by atoms with E-state index < -0.39 is 0 Å². The van der Waals surface area contributed by atoms with Gasteiger partial charge in [-0.05, 0) is 82.2 Å². The molecule has 0 aromatic heterocycles. The maximum absolute atomic E-state index is 2.42. The van der Waals surface area contributed by atoms with Gasteiger partial charge in [-0.25, -0.2) is 0 Å². The van der Waals surface area contributed by atoms with Crippen molar-refractivity contribution >= 4 is 77.2 Å². The summed E-state index contributed by atoms with van der Waals surface area (Å²) in [6.07, 6.45) is 0. The monoisotopic (exact) mass is 612 g/mol. The zero-order chi connectivity index (χ0) is 31.9. The van der Waals surface area contributed by atoms with Crippen LogP contribution in [0.15, 0.2) is 194 Å². The summed E-state index contributed by atoms with van der Waals surface area (Å²) in [6.45, 7) is 0. The molecule has 2 nitrogen and oxygen atoms in total. The molecule has 9 aromatic carbocycles. The highest BCUT2D eigenvalue weighted by Crippen LogP contribution is 2.47. The number of benzene rings is 9. The molecule has 0 spiro atoms. The van der Waals surface area contributed by atoms with Crippen molar-refractivity contribution < 1.29 is 0 Å². The Morgan fingerprint density at radius 3 is 1.21 bits per heavy atom. The van der Waals surface area contributed by atoms with Crippen molar-refractivity contribution in [1.29, 1.82) is 0 Å². The van der Waals surface area contributed by atoms with Gasteiger partial charge in [-0.1, -0.05) is 133 Å². The first kappa shape index (κ1) is 27.9. The van der Waals surface area contributed by atoms with E-state index in [1.807, 2.05) is 0 Å². The Hall–Kier alpha value is -6.38. The molecule has 9 rings (SSSR count). The number of para-hydroxylation sites is 2. The lowest BCUT2D eigenvalue weighted by Gasteiger charge is -2.31. The second-order valence-corrected chi connectivity index (χ2v) is 12.2. The summed E-state index contributed by atoms with van der Waals surface area (Å²) < 4.78 is 0. The molecule has 9 aromatic rings. The van der Waals surface area contributed by atoms with Crippen molar-refractivity contribution in [3.63, 3.8) is 0 Å². The number of hydrogen-bond donors (Lipinski definition) is 0. The van der Waals surface area contributed by atoms with E-state index in [0.717, 1.165) is 34.1 Å². The zero-order valence-electron chi connectivity index (χ0n) is 26.4. The normalized spacial score (nSPS) is 11.3. The van der Waals surface area contributed by atoms with Crippen molar-refractivity contribution in [2.75, 3.05) is 9.80 Å². The second-order valence-electron chi connectivity index (χ2n) is 12.2. The van der Waals surface area contributed by atoms with Crippen LogP contribution >= 0.6 is 0 Å². The van der Waals surface area contributed by atoms with E-state index in [1.54, 1.807) is 0 Å². The number of hydrogen-bond acceptors (Lipinski definition) is 2. The van der Waals surface area contributed by atoms with E-state index in [2.05, 4.69) is 204 Å². The van der Waals surface area contributed by atoms with Crippen LogP contribution in [0.5, 0.6) is 0 Å². The Labute approximate surface area is 280 Å². The van der Waals surface area contributed by atoms with Gasteiger partial charge in [-0.3, -0.25) is 0 Å². The molecule has 0 aliphatic carbocycles. The van der Waals surface area contributed by atoms with Crippen LogP contribution in [0, 0.1) is 0 Å². The van der Waals surface area contributed by atoms with Crippen molar-refractivity contribution in [2.45, 2.75) is 0 Å². The van der Waals surface area contributed by atoms with Crippen molar-refractivity contribution in [3.8, 4) is 0 Å². The lowest BCUT2D eigenvalue weighted by atomic mass is 9.99. The number of rotatable bonds is 6. The quantitative estimate of drug-likeness (QED) is 0.172. The lowest BCUT2D eigenvalue weighted by Crippen LogP contribution is -2.13. The van der Waals surface area contributed by atoms with Gasteiger partial charge in [0.05, 0.1) is 22.7 Å². The maximum atomic E-state index is 2.42. The molecule has 0 saturated heterocycles. The van der Waals surface area contributed by atoms with E-state index in [-0.39, 0.29) is 0 Å². The van der Waals surface area contributed by atoms with Gasteiger partial charge in [0.1, 0.15) is 0 Å². The zero-order valence-corrected chi connectivity index (χ0v) is 26.4. The molecule has 0 unspecified atom stereocenters. The number of fused-ring (bicyclic) bond motifs is 4. The first-order chi connectivity index (χ1) is 23.8. The molecule has 0 bridgehead atoms. The van der Waals surface area contributed by atoms with E-state index in [0.29, 0.717) is 0 Å². The van der Waals surface area contributed by atoms with Crippen molar-refractivity contribution in [1.82, 2.24) is 0 Å². The Balaban J connectivity index is 1.32. The first-order valence-corrected chi connectivity index (χ1v) is 16.4. The molecule has 0 N–H and O–H groups in total. The van der Waals surface area contributed by atoms with Crippen LogP contribution in [-0.4, -0.2) is 0 Å². The highest BCUT2D eigenvalue weighted by molar-refractivity contribution is 6.12. The lowest BCUT2D eigenvalue weighted by molar-refractivity contribution is 1.29. The largest absolute Gasteiger partial charge is 0.309 e. The Morgan fingerprint density at radius 1 is 0.229 bits per heavy atom. The van der Waals surface area contributed by atoms with Gasteiger partial charge >= 0.3 is 0 Å². The Morgan fingerprint density at radius 2 is 0.625 bits per heavy atom. The molecule has 0 fully saturated rings. The molecule has 0 radical (unpaired) electrons. The number of nitrogens with zero attached hydrogens (tertiary/aromatic N) is 2. The minimum atomic E-state index is 1.12. The summed E-state index contributed by atoms with van der Waals surface area (Å²) in [5.41, 5.74) is 6.80. The smallest absolute Gasteiger partial charge is 0.0541 e. The third-order valence-corrected chi connectivity index (χ3v) is 9.36. The third kappa shape index (κ3) is 4.74. The van der Waals surface area contributed by atoms with Crippen LogP contribution in [-0.2, 0) is 0 Å². The van der Waals surface area contributed by atoms with Gasteiger partial charge in [-0.2, -0.15) is 0 Å². The summed E-state index contributed by atoms with van der Waals surface area (Å²) >= 11 is 0. The molecule has 226 valence electrons. The van der Waals surface area contributed by atoms with E-state index in [9.17, 15) is 0 Å². The summed E-state index contributed by atoms with van der Waals surface area (Å²) in [4.78, 5) is 4.83. The maximum Gasteiger partial charge on any atom is 0.0541 e. The first-order valence-electron chi connectivity index (χ1n) is 16.4. The molecule has 0 aliphatic heterocycles. The SMILES string of the molecule is c1ccc(N(c2cccc3ccccc23)c2ccc(N(c3ccccc3)c3cccc4cc5ccccc5cc34)c3ccccc23)cc1. The highest BCUT2D eigenvalue weighted by Gasteiger charge is 2.22. The molecular formula is C46H32N2. The standard InChI is InChI=1S/C46H32N2/c1-3-20-37(21-4-1)47(43-27-13-18-33-15-9-10-24-39(33)43)45-29-30-46(41-26-12-11-25-40(41)45)48(38-22-5-2-6-23-38)44-28-14-19-36-31-34-16-7-8-17-35(34)32-42(36)44/h1-32H. The van der Waals surface area contributed by atoms with Gasteiger partial charge in [0.2, 0.25) is 0 Å². The van der Waals surface area contributed by atoms with Gasteiger partial charge in [-0.15, -0.1) is 0 Å². The van der Waals surface area contributed by atoms with Gasteiger partial charge in [0, 0.05) is 32.9 Å². The molecule has 0 heterocycles.